The summed E-state index contributed by atoms with van der Waals surface area (Å²) in [6.07, 6.45) is 0. The molecule has 2 rings (SSSR count). The van der Waals surface area contributed by atoms with Gasteiger partial charge in [-0.1, -0.05) is 6.92 Å². The van der Waals surface area contributed by atoms with Crippen LogP contribution in [-0.2, 0) is 10.0 Å². The van der Waals surface area contributed by atoms with Crippen molar-refractivity contribution in [2.75, 3.05) is 33.9 Å². The van der Waals surface area contributed by atoms with Crippen LogP contribution in [0.2, 0.25) is 0 Å². The first-order valence-corrected chi connectivity index (χ1v) is 9.97. The van der Waals surface area contributed by atoms with E-state index in [1.54, 1.807) is 45.3 Å². The number of likely N-dealkylation sites (N-methyl/N-ethyl adjacent to an activating group) is 1. The summed E-state index contributed by atoms with van der Waals surface area (Å²) in [6.45, 7) is 2.74. The van der Waals surface area contributed by atoms with E-state index in [1.165, 1.54) is 29.2 Å². The van der Waals surface area contributed by atoms with Crippen molar-refractivity contribution in [2.24, 2.45) is 0 Å². The predicted octanol–water partition coefficient (Wildman–Crippen LogP) is 2.14. The highest BCUT2D eigenvalue weighted by Crippen LogP contribution is 2.17. The van der Waals surface area contributed by atoms with E-state index in [4.69, 9.17) is 9.47 Å². The van der Waals surface area contributed by atoms with Crippen LogP contribution in [0.5, 0.6) is 11.5 Å². The SMILES string of the molecule is CCNS(=O)(=O)c1ccc(C(=O)N(C)CCOc2ccc(OC)cc2)cc1. The van der Waals surface area contributed by atoms with E-state index in [2.05, 4.69) is 4.72 Å². The van der Waals surface area contributed by atoms with Crippen LogP contribution in [0.3, 0.4) is 0 Å². The first-order valence-electron chi connectivity index (χ1n) is 8.49. The van der Waals surface area contributed by atoms with Crippen molar-refractivity contribution < 1.29 is 22.7 Å². The number of sulfonamides is 1. The summed E-state index contributed by atoms with van der Waals surface area (Å²) < 4.78 is 37.0. The smallest absolute Gasteiger partial charge is 0.253 e. The fourth-order valence-corrected chi connectivity index (χ4v) is 3.39. The van der Waals surface area contributed by atoms with Crippen LogP contribution >= 0.6 is 0 Å². The van der Waals surface area contributed by atoms with Gasteiger partial charge in [-0.25, -0.2) is 13.1 Å². The quantitative estimate of drug-likeness (QED) is 0.707. The molecule has 8 heteroatoms. The molecule has 0 radical (unpaired) electrons. The minimum atomic E-state index is -3.53. The second kappa shape index (κ2) is 9.38. The molecule has 146 valence electrons. The second-order valence-electron chi connectivity index (χ2n) is 5.78. The average molecular weight is 392 g/mol. The highest BCUT2D eigenvalue weighted by Gasteiger charge is 2.15. The van der Waals surface area contributed by atoms with Gasteiger partial charge in [0.25, 0.3) is 5.91 Å². The van der Waals surface area contributed by atoms with Gasteiger partial charge >= 0.3 is 0 Å². The highest BCUT2D eigenvalue weighted by molar-refractivity contribution is 7.89. The maximum absolute atomic E-state index is 12.4. The minimum Gasteiger partial charge on any atom is -0.497 e. The molecule has 0 aliphatic carbocycles. The van der Waals surface area contributed by atoms with Crippen molar-refractivity contribution in [3.63, 3.8) is 0 Å². The number of rotatable bonds is 9. The molecule has 0 saturated heterocycles. The van der Waals surface area contributed by atoms with Crippen LogP contribution in [-0.4, -0.2) is 53.1 Å². The van der Waals surface area contributed by atoms with E-state index in [0.717, 1.165) is 5.75 Å². The number of nitrogens with zero attached hydrogens (tertiary/aromatic N) is 1. The van der Waals surface area contributed by atoms with E-state index in [9.17, 15) is 13.2 Å². The number of methoxy groups -OCH3 is 1. The van der Waals surface area contributed by atoms with Crippen LogP contribution in [0.4, 0.5) is 0 Å². The summed E-state index contributed by atoms with van der Waals surface area (Å²) in [7, 11) is -0.261. The second-order valence-corrected chi connectivity index (χ2v) is 7.54. The van der Waals surface area contributed by atoms with E-state index < -0.39 is 10.0 Å². The normalized spacial score (nSPS) is 11.1. The monoisotopic (exact) mass is 392 g/mol. The number of nitrogens with one attached hydrogen (secondary N) is 1. The lowest BCUT2D eigenvalue weighted by atomic mass is 10.2. The maximum atomic E-state index is 12.4. The van der Waals surface area contributed by atoms with Gasteiger partial charge in [0.05, 0.1) is 18.6 Å². The summed E-state index contributed by atoms with van der Waals surface area (Å²) in [4.78, 5) is 14.1. The fourth-order valence-electron chi connectivity index (χ4n) is 2.34. The molecule has 0 spiro atoms. The number of hydrogen-bond donors (Lipinski definition) is 1. The highest BCUT2D eigenvalue weighted by atomic mass is 32.2. The molecule has 0 unspecified atom stereocenters. The third-order valence-electron chi connectivity index (χ3n) is 3.85. The van der Waals surface area contributed by atoms with Gasteiger partial charge < -0.3 is 14.4 Å². The Morgan fingerprint density at radius 3 is 2.19 bits per heavy atom. The van der Waals surface area contributed by atoms with Crippen LogP contribution in [0.1, 0.15) is 17.3 Å². The Labute approximate surface area is 160 Å². The molecule has 7 nitrogen and oxygen atoms in total. The Bertz CT molecular complexity index is 849. The van der Waals surface area contributed by atoms with Crippen molar-refractivity contribution in [3.8, 4) is 11.5 Å². The Hall–Kier alpha value is -2.58. The van der Waals surface area contributed by atoms with Crippen molar-refractivity contribution in [2.45, 2.75) is 11.8 Å². The van der Waals surface area contributed by atoms with Gasteiger partial charge in [-0.05, 0) is 48.5 Å². The Morgan fingerprint density at radius 2 is 1.63 bits per heavy atom. The van der Waals surface area contributed by atoms with Gasteiger partial charge in [-0.2, -0.15) is 0 Å². The number of amides is 1. The lowest BCUT2D eigenvalue weighted by Gasteiger charge is -2.18. The van der Waals surface area contributed by atoms with E-state index >= 15 is 0 Å². The molecule has 2 aromatic carbocycles. The van der Waals surface area contributed by atoms with Gasteiger partial charge in [-0.3, -0.25) is 4.79 Å². The lowest BCUT2D eigenvalue weighted by molar-refractivity contribution is 0.0773. The van der Waals surface area contributed by atoms with E-state index in [0.29, 0.717) is 31.0 Å². The van der Waals surface area contributed by atoms with Crippen LogP contribution < -0.4 is 14.2 Å². The summed E-state index contributed by atoms with van der Waals surface area (Å²) in [5, 5.41) is 0. The minimum absolute atomic E-state index is 0.131. The standard InChI is InChI=1S/C19H24N2O5S/c1-4-20-27(23,24)18-11-5-15(6-12-18)19(22)21(2)13-14-26-17-9-7-16(25-3)8-10-17/h5-12,20H,4,13-14H2,1-3H3. The molecule has 0 atom stereocenters. The number of carbonyl (C=O) groups is 1. The molecule has 1 N–H and O–H groups in total. The zero-order chi connectivity index (χ0) is 19.9. The van der Waals surface area contributed by atoms with Crippen LogP contribution in [0.15, 0.2) is 53.4 Å². The van der Waals surface area contributed by atoms with Crippen LogP contribution in [0, 0.1) is 0 Å². The van der Waals surface area contributed by atoms with E-state index in [-0.39, 0.29) is 10.8 Å². The first kappa shape index (κ1) is 20.7. The maximum Gasteiger partial charge on any atom is 0.253 e. The third kappa shape index (κ3) is 5.70. The number of ether oxygens (including phenoxy) is 2. The predicted molar refractivity (Wildman–Crippen MR) is 103 cm³/mol. The van der Waals surface area contributed by atoms with Gasteiger partial charge in [0.15, 0.2) is 0 Å². The summed E-state index contributed by atoms with van der Waals surface area (Å²) in [5.41, 5.74) is 0.414. The zero-order valence-corrected chi connectivity index (χ0v) is 16.5. The lowest BCUT2D eigenvalue weighted by Crippen LogP contribution is -2.31. The van der Waals surface area contributed by atoms with Crippen molar-refractivity contribution in [3.05, 3.63) is 54.1 Å². The molecule has 0 aliphatic heterocycles. The summed E-state index contributed by atoms with van der Waals surface area (Å²) in [6, 6.07) is 13.1. The molecule has 0 bridgehead atoms. The van der Waals surface area contributed by atoms with Crippen LogP contribution in [0.25, 0.3) is 0 Å². The van der Waals surface area contributed by atoms with Gasteiger partial charge in [0, 0.05) is 19.2 Å². The largest absolute Gasteiger partial charge is 0.497 e. The molecular formula is C19H24N2O5S. The van der Waals surface area contributed by atoms with Crippen molar-refractivity contribution >= 4 is 15.9 Å². The molecule has 0 aromatic heterocycles. The topological polar surface area (TPSA) is 84.9 Å². The Kier molecular flexibility index (Phi) is 7.20. The number of benzene rings is 2. The summed E-state index contributed by atoms with van der Waals surface area (Å²) >= 11 is 0. The van der Waals surface area contributed by atoms with Crippen molar-refractivity contribution in [1.29, 1.82) is 0 Å². The third-order valence-corrected chi connectivity index (χ3v) is 5.41. The average Bonchev–Trinajstić information content (AvgIpc) is 2.68. The van der Waals surface area contributed by atoms with Crippen molar-refractivity contribution in [1.82, 2.24) is 9.62 Å². The first-order chi connectivity index (χ1) is 12.9. The Morgan fingerprint density at radius 1 is 1.04 bits per heavy atom. The molecule has 0 saturated carbocycles. The fraction of sp³-hybridized carbons (Fsp3) is 0.316. The van der Waals surface area contributed by atoms with E-state index in [1.807, 2.05) is 0 Å². The number of carbonyl (C=O) groups excluding carboxylic acids is 1. The molecule has 0 aliphatic rings. The summed E-state index contributed by atoms with van der Waals surface area (Å²) in [5.74, 6) is 1.23. The molecule has 0 fully saturated rings. The Balaban J connectivity index is 1.90. The number of hydrogen-bond acceptors (Lipinski definition) is 5. The van der Waals surface area contributed by atoms with Gasteiger partial charge in [0.1, 0.15) is 18.1 Å². The van der Waals surface area contributed by atoms with Gasteiger partial charge in [-0.15, -0.1) is 0 Å². The molecule has 0 heterocycles. The van der Waals surface area contributed by atoms with Gasteiger partial charge in [0.2, 0.25) is 10.0 Å². The molecule has 27 heavy (non-hydrogen) atoms. The molecule has 1 amide bonds. The molecule has 2 aromatic rings. The zero-order valence-electron chi connectivity index (χ0n) is 15.6. The molecular weight excluding hydrogens is 368 g/mol.